The lowest BCUT2D eigenvalue weighted by molar-refractivity contribution is 0.722. The Labute approximate surface area is 111 Å². The second-order valence-corrected chi connectivity index (χ2v) is 4.83. The Morgan fingerprint density at radius 1 is 1.28 bits per heavy atom. The topological polar surface area (TPSA) is 38.4 Å². The van der Waals surface area contributed by atoms with Crippen molar-refractivity contribution in [1.29, 1.82) is 0 Å². The van der Waals surface area contributed by atoms with Crippen LogP contribution in [0.2, 0.25) is 0 Å². The molecule has 1 rings (SSSR count). The summed E-state index contributed by atoms with van der Waals surface area (Å²) < 4.78 is 0. The molecule has 2 heteroatoms. The molecule has 0 bridgehead atoms. The monoisotopic (exact) mass is 246 g/mol. The molecule has 1 aromatic carbocycles. The van der Waals surface area contributed by atoms with Crippen LogP contribution in [0.3, 0.4) is 0 Å². The zero-order chi connectivity index (χ0) is 13.5. The van der Waals surface area contributed by atoms with E-state index in [1.165, 1.54) is 11.1 Å². The molecule has 0 amide bonds. The normalized spacial score (nSPS) is 13.7. The summed E-state index contributed by atoms with van der Waals surface area (Å²) in [5.41, 5.74) is 10.9. The molecule has 1 unspecified atom stereocenters. The van der Waals surface area contributed by atoms with Gasteiger partial charge in [-0.15, -0.1) is 0 Å². The SMILES string of the molecule is CCCC(N)C(CC)=Nc1ccc(CC)cc1C. The Morgan fingerprint density at radius 3 is 2.50 bits per heavy atom. The van der Waals surface area contributed by atoms with Crippen molar-refractivity contribution in [2.24, 2.45) is 10.7 Å². The molecular formula is C16H26N2. The maximum atomic E-state index is 6.16. The van der Waals surface area contributed by atoms with Gasteiger partial charge in [0.15, 0.2) is 0 Å². The minimum atomic E-state index is 0.102. The maximum absolute atomic E-state index is 6.16. The van der Waals surface area contributed by atoms with Crippen molar-refractivity contribution in [1.82, 2.24) is 0 Å². The van der Waals surface area contributed by atoms with Crippen LogP contribution in [0, 0.1) is 6.92 Å². The van der Waals surface area contributed by atoms with Gasteiger partial charge in [-0.1, -0.05) is 39.3 Å². The average molecular weight is 246 g/mol. The number of aliphatic imine (C=N–C) groups is 1. The molecule has 0 saturated heterocycles. The summed E-state index contributed by atoms with van der Waals surface area (Å²) in [7, 11) is 0. The molecule has 1 atom stereocenters. The smallest absolute Gasteiger partial charge is 0.0659 e. The molecule has 0 spiro atoms. The number of hydrogen-bond donors (Lipinski definition) is 1. The summed E-state index contributed by atoms with van der Waals surface area (Å²) in [4.78, 5) is 4.76. The van der Waals surface area contributed by atoms with Crippen molar-refractivity contribution >= 4 is 11.4 Å². The molecule has 0 radical (unpaired) electrons. The van der Waals surface area contributed by atoms with Crippen LogP contribution >= 0.6 is 0 Å². The molecule has 1 aromatic rings. The van der Waals surface area contributed by atoms with E-state index in [-0.39, 0.29) is 6.04 Å². The summed E-state index contributed by atoms with van der Waals surface area (Å²) in [5, 5.41) is 0. The van der Waals surface area contributed by atoms with Crippen LogP contribution in [0.4, 0.5) is 5.69 Å². The van der Waals surface area contributed by atoms with Crippen LogP contribution in [-0.2, 0) is 6.42 Å². The van der Waals surface area contributed by atoms with Crippen LogP contribution in [-0.4, -0.2) is 11.8 Å². The second kappa shape index (κ2) is 7.32. The van der Waals surface area contributed by atoms with E-state index < -0.39 is 0 Å². The summed E-state index contributed by atoms with van der Waals surface area (Å²) in [6, 6.07) is 6.59. The van der Waals surface area contributed by atoms with Crippen LogP contribution in [0.5, 0.6) is 0 Å². The van der Waals surface area contributed by atoms with Crippen LogP contribution < -0.4 is 5.73 Å². The molecule has 2 nitrogen and oxygen atoms in total. The predicted molar refractivity (Wildman–Crippen MR) is 80.8 cm³/mol. The minimum absolute atomic E-state index is 0.102. The largest absolute Gasteiger partial charge is 0.323 e. The lowest BCUT2D eigenvalue weighted by Crippen LogP contribution is -2.29. The van der Waals surface area contributed by atoms with E-state index in [2.05, 4.69) is 45.9 Å². The summed E-state index contributed by atoms with van der Waals surface area (Å²) >= 11 is 0. The average Bonchev–Trinajstić information content (AvgIpc) is 2.37. The number of nitrogens with two attached hydrogens (primary N) is 1. The molecular weight excluding hydrogens is 220 g/mol. The molecule has 0 aromatic heterocycles. The first-order valence-corrected chi connectivity index (χ1v) is 7.04. The van der Waals surface area contributed by atoms with Gasteiger partial charge in [0.05, 0.1) is 5.69 Å². The van der Waals surface area contributed by atoms with E-state index in [1.807, 2.05) is 0 Å². The van der Waals surface area contributed by atoms with E-state index in [0.29, 0.717) is 0 Å². The minimum Gasteiger partial charge on any atom is -0.323 e. The number of hydrogen-bond acceptors (Lipinski definition) is 2. The molecule has 0 aliphatic heterocycles. The van der Waals surface area contributed by atoms with Gasteiger partial charge in [0, 0.05) is 11.8 Å². The number of benzene rings is 1. The molecule has 0 saturated carbocycles. The van der Waals surface area contributed by atoms with E-state index >= 15 is 0 Å². The molecule has 100 valence electrons. The summed E-state index contributed by atoms with van der Waals surface area (Å²) in [5.74, 6) is 0. The van der Waals surface area contributed by atoms with Gasteiger partial charge in [-0.3, -0.25) is 4.99 Å². The van der Waals surface area contributed by atoms with Gasteiger partial charge in [-0.2, -0.15) is 0 Å². The highest BCUT2D eigenvalue weighted by Crippen LogP contribution is 2.21. The lowest BCUT2D eigenvalue weighted by Gasteiger charge is -2.13. The second-order valence-electron chi connectivity index (χ2n) is 4.83. The predicted octanol–water partition coefficient (Wildman–Crippen LogP) is 4.17. The fourth-order valence-corrected chi connectivity index (χ4v) is 2.12. The van der Waals surface area contributed by atoms with Gasteiger partial charge in [0.25, 0.3) is 0 Å². The Bertz CT molecular complexity index is 408. The Morgan fingerprint density at radius 2 is 2.00 bits per heavy atom. The van der Waals surface area contributed by atoms with Crippen molar-refractivity contribution in [2.75, 3.05) is 0 Å². The zero-order valence-electron chi connectivity index (χ0n) is 12.2. The van der Waals surface area contributed by atoms with Gasteiger partial charge in [0.2, 0.25) is 0 Å². The van der Waals surface area contributed by atoms with Gasteiger partial charge in [-0.05, 0) is 43.4 Å². The summed E-state index contributed by atoms with van der Waals surface area (Å²) in [6.45, 7) is 8.58. The number of aryl methyl sites for hydroxylation is 2. The van der Waals surface area contributed by atoms with Crippen LogP contribution in [0.25, 0.3) is 0 Å². The van der Waals surface area contributed by atoms with E-state index in [4.69, 9.17) is 10.7 Å². The molecule has 0 heterocycles. The fourth-order valence-electron chi connectivity index (χ4n) is 2.12. The van der Waals surface area contributed by atoms with Gasteiger partial charge in [-0.25, -0.2) is 0 Å². The van der Waals surface area contributed by atoms with Crippen molar-refractivity contribution in [2.45, 2.75) is 59.4 Å². The maximum Gasteiger partial charge on any atom is 0.0659 e. The highest BCUT2D eigenvalue weighted by Gasteiger charge is 2.09. The van der Waals surface area contributed by atoms with Crippen molar-refractivity contribution < 1.29 is 0 Å². The highest BCUT2D eigenvalue weighted by molar-refractivity contribution is 5.91. The standard InChI is InChI=1S/C16H26N2/c1-5-8-14(17)15(7-3)18-16-10-9-13(6-2)11-12(16)4/h9-11,14H,5-8,17H2,1-4H3. The highest BCUT2D eigenvalue weighted by atomic mass is 14.8. The third-order valence-electron chi connectivity index (χ3n) is 3.32. The van der Waals surface area contributed by atoms with Crippen molar-refractivity contribution in [3.8, 4) is 0 Å². The first-order valence-electron chi connectivity index (χ1n) is 7.04. The first-order chi connectivity index (χ1) is 8.62. The van der Waals surface area contributed by atoms with Crippen molar-refractivity contribution in [3.63, 3.8) is 0 Å². The molecule has 0 aliphatic carbocycles. The van der Waals surface area contributed by atoms with Gasteiger partial charge < -0.3 is 5.73 Å². The van der Waals surface area contributed by atoms with Crippen LogP contribution in [0.15, 0.2) is 23.2 Å². The van der Waals surface area contributed by atoms with E-state index in [1.54, 1.807) is 0 Å². The van der Waals surface area contributed by atoms with Crippen LogP contribution in [0.1, 0.15) is 51.2 Å². The van der Waals surface area contributed by atoms with Gasteiger partial charge in [0.1, 0.15) is 0 Å². The lowest BCUT2D eigenvalue weighted by atomic mass is 10.0. The van der Waals surface area contributed by atoms with Crippen molar-refractivity contribution in [3.05, 3.63) is 29.3 Å². The quantitative estimate of drug-likeness (QED) is 0.752. The van der Waals surface area contributed by atoms with E-state index in [9.17, 15) is 0 Å². The third kappa shape index (κ3) is 3.95. The zero-order valence-corrected chi connectivity index (χ0v) is 12.2. The van der Waals surface area contributed by atoms with Gasteiger partial charge >= 0.3 is 0 Å². The molecule has 18 heavy (non-hydrogen) atoms. The first kappa shape index (κ1) is 14.9. The molecule has 0 aliphatic rings. The molecule has 0 fully saturated rings. The molecule has 2 N–H and O–H groups in total. The third-order valence-corrected chi connectivity index (χ3v) is 3.32. The number of rotatable bonds is 6. The van der Waals surface area contributed by atoms with E-state index in [0.717, 1.165) is 37.1 Å². The summed E-state index contributed by atoms with van der Waals surface area (Å²) in [6.07, 6.45) is 4.11. The fraction of sp³-hybridized carbons (Fsp3) is 0.562. The Balaban J connectivity index is 2.98. The number of nitrogens with zero attached hydrogens (tertiary/aromatic N) is 1. The Kier molecular flexibility index (Phi) is 6.06. The Hall–Kier alpha value is -1.15.